The summed E-state index contributed by atoms with van der Waals surface area (Å²) in [7, 11) is 0. The molecule has 0 aliphatic carbocycles. The SMILES string of the molecule is CC(C)CC(C)CC(CC(C)C)C(F)(F)F. The molecule has 0 aromatic carbocycles. The molecule has 0 aliphatic heterocycles. The molecule has 0 aliphatic rings. The quantitative estimate of drug-likeness (QED) is 0.590. The maximum atomic E-state index is 12.8. The molecule has 0 aromatic heterocycles. The third-order valence-corrected chi connectivity index (χ3v) is 2.78. The molecule has 0 amide bonds. The monoisotopic (exact) mass is 238 g/mol. The van der Waals surface area contributed by atoms with Gasteiger partial charge in [-0.3, -0.25) is 0 Å². The summed E-state index contributed by atoms with van der Waals surface area (Å²) in [5.41, 5.74) is 0. The Hall–Kier alpha value is -0.210. The van der Waals surface area contributed by atoms with Crippen molar-refractivity contribution in [1.82, 2.24) is 0 Å². The fourth-order valence-electron chi connectivity index (χ4n) is 2.32. The fourth-order valence-corrected chi connectivity index (χ4v) is 2.32. The van der Waals surface area contributed by atoms with Crippen molar-refractivity contribution >= 4 is 0 Å². The third-order valence-electron chi connectivity index (χ3n) is 2.78. The van der Waals surface area contributed by atoms with E-state index in [1.807, 2.05) is 20.8 Å². The van der Waals surface area contributed by atoms with Crippen LogP contribution < -0.4 is 0 Å². The van der Waals surface area contributed by atoms with Gasteiger partial charge >= 0.3 is 6.18 Å². The van der Waals surface area contributed by atoms with Gasteiger partial charge in [0.15, 0.2) is 0 Å². The summed E-state index contributed by atoms with van der Waals surface area (Å²) in [6, 6.07) is 0. The first-order chi connectivity index (χ1) is 7.12. The highest BCUT2D eigenvalue weighted by atomic mass is 19.4. The summed E-state index contributed by atoms with van der Waals surface area (Å²) in [5.74, 6) is -0.382. The van der Waals surface area contributed by atoms with Gasteiger partial charge in [-0.1, -0.05) is 34.6 Å². The van der Waals surface area contributed by atoms with E-state index in [-0.39, 0.29) is 24.7 Å². The lowest BCUT2D eigenvalue weighted by Crippen LogP contribution is -2.26. The molecule has 98 valence electrons. The Bertz CT molecular complexity index is 182. The van der Waals surface area contributed by atoms with E-state index in [2.05, 4.69) is 13.8 Å². The van der Waals surface area contributed by atoms with Crippen LogP contribution in [0.3, 0.4) is 0 Å². The first kappa shape index (κ1) is 15.8. The van der Waals surface area contributed by atoms with Crippen LogP contribution in [0.25, 0.3) is 0 Å². The Balaban J connectivity index is 4.32. The average molecular weight is 238 g/mol. The molecule has 0 radical (unpaired) electrons. The number of alkyl halides is 3. The first-order valence-electron chi connectivity index (χ1n) is 6.19. The molecule has 0 saturated heterocycles. The van der Waals surface area contributed by atoms with Gasteiger partial charge < -0.3 is 0 Å². The topological polar surface area (TPSA) is 0 Å². The van der Waals surface area contributed by atoms with Gasteiger partial charge in [0.2, 0.25) is 0 Å². The fraction of sp³-hybridized carbons (Fsp3) is 1.00. The van der Waals surface area contributed by atoms with Gasteiger partial charge in [-0.15, -0.1) is 0 Å². The lowest BCUT2D eigenvalue weighted by atomic mass is 9.85. The third kappa shape index (κ3) is 7.13. The van der Waals surface area contributed by atoms with E-state index < -0.39 is 12.1 Å². The minimum absolute atomic E-state index is 0.109. The predicted molar refractivity (Wildman–Crippen MR) is 62.2 cm³/mol. The number of halogens is 3. The molecule has 2 atom stereocenters. The van der Waals surface area contributed by atoms with Crippen LogP contribution in [0.4, 0.5) is 13.2 Å². The van der Waals surface area contributed by atoms with E-state index in [1.54, 1.807) is 0 Å². The van der Waals surface area contributed by atoms with Crippen molar-refractivity contribution < 1.29 is 13.2 Å². The predicted octanol–water partition coefficient (Wildman–Crippen LogP) is 5.28. The van der Waals surface area contributed by atoms with Crippen molar-refractivity contribution in [3.8, 4) is 0 Å². The zero-order valence-electron chi connectivity index (χ0n) is 11.1. The summed E-state index contributed by atoms with van der Waals surface area (Å²) in [4.78, 5) is 0. The van der Waals surface area contributed by atoms with Crippen LogP contribution in [-0.2, 0) is 0 Å². The van der Waals surface area contributed by atoms with Crippen molar-refractivity contribution in [2.75, 3.05) is 0 Å². The van der Waals surface area contributed by atoms with Gasteiger partial charge in [0.05, 0.1) is 5.92 Å². The molecular formula is C13H25F3. The van der Waals surface area contributed by atoms with Gasteiger partial charge in [-0.05, 0) is 37.0 Å². The smallest absolute Gasteiger partial charge is 0.171 e. The van der Waals surface area contributed by atoms with Crippen LogP contribution in [0.2, 0.25) is 0 Å². The highest BCUT2D eigenvalue weighted by Crippen LogP contribution is 2.36. The van der Waals surface area contributed by atoms with Crippen molar-refractivity contribution in [2.45, 2.75) is 60.1 Å². The molecule has 0 spiro atoms. The molecule has 0 rings (SSSR count). The Labute approximate surface area is 97.6 Å². The normalized spacial score (nSPS) is 16.9. The van der Waals surface area contributed by atoms with E-state index >= 15 is 0 Å². The second-order valence-corrected chi connectivity index (χ2v) is 5.84. The van der Waals surface area contributed by atoms with E-state index in [9.17, 15) is 13.2 Å². The highest BCUT2D eigenvalue weighted by molar-refractivity contribution is 4.72. The maximum Gasteiger partial charge on any atom is 0.391 e. The highest BCUT2D eigenvalue weighted by Gasteiger charge is 2.40. The largest absolute Gasteiger partial charge is 0.391 e. The lowest BCUT2D eigenvalue weighted by molar-refractivity contribution is -0.183. The Kier molecular flexibility index (Phi) is 6.42. The zero-order valence-corrected chi connectivity index (χ0v) is 11.1. The number of hydrogen-bond acceptors (Lipinski definition) is 0. The Morgan fingerprint density at radius 2 is 1.19 bits per heavy atom. The van der Waals surface area contributed by atoms with Gasteiger partial charge in [0, 0.05) is 0 Å². The second-order valence-electron chi connectivity index (χ2n) is 5.84. The molecule has 0 N–H and O–H groups in total. The molecule has 0 nitrogen and oxygen atoms in total. The molecule has 16 heavy (non-hydrogen) atoms. The summed E-state index contributed by atoms with van der Waals surface area (Å²) in [6.07, 6.45) is -2.62. The Morgan fingerprint density at radius 3 is 1.50 bits per heavy atom. The minimum Gasteiger partial charge on any atom is -0.171 e. The molecule has 0 saturated carbocycles. The lowest BCUT2D eigenvalue weighted by Gasteiger charge is -2.25. The van der Waals surface area contributed by atoms with Crippen LogP contribution in [-0.4, -0.2) is 6.18 Å². The second kappa shape index (κ2) is 6.51. The average Bonchev–Trinajstić information content (AvgIpc) is 1.98. The van der Waals surface area contributed by atoms with E-state index in [4.69, 9.17) is 0 Å². The van der Waals surface area contributed by atoms with Gasteiger partial charge in [-0.25, -0.2) is 0 Å². The van der Waals surface area contributed by atoms with E-state index in [0.29, 0.717) is 5.92 Å². The van der Waals surface area contributed by atoms with Crippen LogP contribution >= 0.6 is 0 Å². The van der Waals surface area contributed by atoms with Crippen LogP contribution in [0.5, 0.6) is 0 Å². The van der Waals surface area contributed by atoms with E-state index in [1.165, 1.54) is 0 Å². The summed E-state index contributed by atoms with van der Waals surface area (Å²) in [5, 5.41) is 0. The standard InChI is InChI=1S/C13H25F3/c1-9(2)6-11(5)8-12(7-10(3)4)13(14,15)16/h9-12H,6-8H2,1-5H3. The molecule has 0 heterocycles. The molecular weight excluding hydrogens is 213 g/mol. The molecule has 0 bridgehead atoms. The summed E-state index contributed by atoms with van der Waals surface area (Å²) >= 11 is 0. The van der Waals surface area contributed by atoms with E-state index in [0.717, 1.165) is 6.42 Å². The van der Waals surface area contributed by atoms with Crippen LogP contribution in [0.1, 0.15) is 53.9 Å². The summed E-state index contributed by atoms with van der Waals surface area (Å²) < 4.78 is 38.3. The van der Waals surface area contributed by atoms with Gasteiger partial charge in [-0.2, -0.15) is 13.2 Å². The summed E-state index contributed by atoms with van der Waals surface area (Å²) in [6.45, 7) is 9.75. The molecule has 2 unspecified atom stereocenters. The zero-order chi connectivity index (χ0) is 12.9. The minimum atomic E-state index is -4.03. The number of rotatable bonds is 6. The van der Waals surface area contributed by atoms with Crippen LogP contribution in [0.15, 0.2) is 0 Å². The number of hydrogen-bond donors (Lipinski definition) is 0. The molecule has 0 aromatic rings. The molecule has 3 heteroatoms. The maximum absolute atomic E-state index is 12.8. The van der Waals surface area contributed by atoms with Crippen molar-refractivity contribution in [2.24, 2.45) is 23.7 Å². The van der Waals surface area contributed by atoms with Crippen LogP contribution in [0, 0.1) is 23.7 Å². The molecule has 0 fully saturated rings. The Morgan fingerprint density at radius 1 is 0.750 bits per heavy atom. The van der Waals surface area contributed by atoms with Crippen molar-refractivity contribution in [3.05, 3.63) is 0 Å². The van der Waals surface area contributed by atoms with Crippen molar-refractivity contribution in [1.29, 1.82) is 0 Å². The van der Waals surface area contributed by atoms with Crippen molar-refractivity contribution in [3.63, 3.8) is 0 Å². The van der Waals surface area contributed by atoms with Gasteiger partial charge in [0.25, 0.3) is 0 Å². The first-order valence-corrected chi connectivity index (χ1v) is 6.19. The van der Waals surface area contributed by atoms with Gasteiger partial charge in [0.1, 0.15) is 0 Å².